The van der Waals surface area contributed by atoms with Gasteiger partial charge in [-0.25, -0.2) is 4.79 Å². The Hall–Kier alpha value is -1.22. The normalized spacial score (nSPS) is 7.83. The average Bonchev–Trinajstić information content (AvgIpc) is 2.05. The van der Waals surface area contributed by atoms with Gasteiger partial charge in [0.2, 0.25) is 0 Å². The molecule has 3 nitrogen and oxygen atoms in total. The van der Waals surface area contributed by atoms with Gasteiger partial charge < -0.3 is 9.84 Å². The largest absolute Gasteiger partial charge is 0.497 e. The fourth-order valence-corrected chi connectivity index (χ4v) is 0.557. The Labute approximate surface area is 75.5 Å². The second kappa shape index (κ2) is 6.49. The molecule has 0 aromatic heterocycles. The molecule has 0 aliphatic carbocycles. The molecule has 0 bridgehead atoms. The maximum absolute atomic E-state index is 8.77. The van der Waals surface area contributed by atoms with Crippen molar-refractivity contribution >= 4 is 17.0 Å². The number of hydrogen-bond acceptors (Lipinski definition) is 2. The van der Waals surface area contributed by atoms with Gasteiger partial charge in [0.15, 0.2) is 0 Å². The Balaban J connectivity index is 0.000000261. The van der Waals surface area contributed by atoms with E-state index in [9.17, 15) is 0 Å². The smallest absolute Gasteiger partial charge is 0.401 e. The maximum atomic E-state index is 8.77. The van der Waals surface area contributed by atoms with Gasteiger partial charge >= 0.3 is 5.43 Å². The molecule has 0 aliphatic heterocycles. The van der Waals surface area contributed by atoms with E-state index in [0.717, 1.165) is 5.75 Å². The van der Waals surface area contributed by atoms with Crippen LogP contribution in [-0.2, 0) is 0 Å². The molecule has 0 unspecified atom stereocenters. The highest BCUT2D eigenvalue weighted by atomic mass is 35.5. The number of carboxylic acid groups (broad SMARTS) is 1. The highest BCUT2D eigenvalue weighted by molar-refractivity contribution is 6.60. The number of para-hydroxylation sites is 1. The Kier molecular flexibility index (Phi) is 5.83. The topological polar surface area (TPSA) is 46.5 Å². The molecule has 4 heteroatoms. The Bertz CT molecular complexity index is 219. The van der Waals surface area contributed by atoms with E-state index < -0.39 is 5.43 Å². The van der Waals surface area contributed by atoms with Crippen molar-refractivity contribution in [1.29, 1.82) is 0 Å². The zero-order valence-electron chi connectivity index (χ0n) is 6.53. The van der Waals surface area contributed by atoms with Crippen molar-refractivity contribution in [3.8, 4) is 5.75 Å². The number of carbonyl (C=O) groups is 1. The lowest BCUT2D eigenvalue weighted by atomic mass is 10.3. The molecule has 0 amide bonds. The van der Waals surface area contributed by atoms with Crippen LogP contribution >= 0.6 is 11.6 Å². The van der Waals surface area contributed by atoms with E-state index in [2.05, 4.69) is 11.6 Å². The third-order valence-corrected chi connectivity index (χ3v) is 0.979. The van der Waals surface area contributed by atoms with Crippen LogP contribution in [0.2, 0.25) is 0 Å². The van der Waals surface area contributed by atoms with Gasteiger partial charge in [-0.3, -0.25) is 0 Å². The maximum Gasteiger partial charge on any atom is 0.401 e. The van der Waals surface area contributed by atoms with Gasteiger partial charge in [-0.2, -0.15) is 0 Å². The Morgan fingerprint density at radius 3 is 2.08 bits per heavy atom. The number of halogens is 1. The minimum absolute atomic E-state index is 0.910. The number of hydrogen-bond donors (Lipinski definition) is 1. The van der Waals surface area contributed by atoms with Crippen LogP contribution in [0.1, 0.15) is 0 Å². The van der Waals surface area contributed by atoms with Crippen molar-refractivity contribution < 1.29 is 14.6 Å². The first-order valence-electron chi connectivity index (χ1n) is 3.14. The molecule has 0 radical (unpaired) electrons. The Morgan fingerprint density at radius 1 is 1.42 bits per heavy atom. The summed E-state index contributed by atoms with van der Waals surface area (Å²) in [6, 6.07) is 9.68. The molecule has 66 valence electrons. The summed E-state index contributed by atoms with van der Waals surface area (Å²) in [5.41, 5.74) is -1.36. The zero-order valence-corrected chi connectivity index (χ0v) is 7.28. The third-order valence-electron chi connectivity index (χ3n) is 0.979. The van der Waals surface area contributed by atoms with Crippen molar-refractivity contribution in [2.24, 2.45) is 0 Å². The van der Waals surface area contributed by atoms with E-state index in [1.807, 2.05) is 30.3 Å². The lowest BCUT2D eigenvalue weighted by molar-refractivity contribution is 0.220. The standard InChI is InChI=1S/C7H8O.CHClO2/c1-8-7-5-3-2-4-6-7;2-1(3)4/h2-6H,1H3;(H,3,4). The molecule has 0 heterocycles. The summed E-state index contributed by atoms with van der Waals surface area (Å²) in [5.74, 6) is 0.910. The van der Waals surface area contributed by atoms with E-state index in [1.165, 1.54) is 0 Å². The molecule has 1 rings (SSSR count). The van der Waals surface area contributed by atoms with Crippen LogP contribution in [0.25, 0.3) is 0 Å². The minimum atomic E-state index is -1.36. The summed E-state index contributed by atoms with van der Waals surface area (Å²) in [6.45, 7) is 0. The summed E-state index contributed by atoms with van der Waals surface area (Å²) in [5, 5.41) is 7.18. The monoisotopic (exact) mass is 188 g/mol. The molecule has 0 aliphatic rings. The molecule has 12 heavy (non-hydrogen) atoms. The van der Waals surface area contributed by atoms with Gasteiger partial charge in [0.05, 0.1) is 7.11 Å². The van der Waals surface area contributed by atoms with E-state index in [0.29, 0.717) is 0 Å². The first-order valence-corrected chi connectivity index (χ1v) is 3.52. The van der Waals surface area contributed by atoms with Crippen LogP contribution in [0, 0.1) is 0 Å². The average molecular weight is 189 g/mol. The third kappa shape index (κ3) is 6.89. The first kappa shape index (κ1) is 10.8. The molecule has 0 saturated carbocycles. The molecule has 1 aromatic carbocycles. The SMILES string of the molecule is COc1ccccc1.O=C(O)Cl. The molecule has 0 atom stereocenters. The summed E-state index contributed by atoms with van der Waals surface area (Å²) in [6.07, 6.45) is 0. The lowest BCUT2D eigenvalue weighted by Gasteiger charge is -1.93. The summed E-state index contributed by atoms with van der Waals surface area (Å²) in [7, 11) is 1.66. The predicted molar refractivity (Wildman–Crippen MR) is 46.9 cm³/mol. The quantitative estimate of drug-likeness (QED) is 0.689. The van der Waals surface area contributed by atoms with Crippen LogP contribution in [0.3, 0.4) is 0 Å². The van der Waals surface area contributed by atoms with Crippen molar-refractivity contribution in [3.63, 3.8) is 0 Å². The highest BCUT2D eigenvalue weighted by Crippen LogP contribution is 2.05. The highest BCUT2D eigenvalue weighted by Gasteiger charge is 1.80. The van der Waals surface area contributed by atoms with Gasteiger partial charge in [0.1, 0.15) is 5.75 Å². The number of rotatable bonds is 1. The predicted octanol–water partition coefficient (Wildman–Crippen LogP) is 2.60. The summed E-state index contributed by atoms with van der Waals surface area (Å²) < 4.78 is 4.91. The fourth-order valence-electron chi connectivity index (χ4n) is 0.557. The summed E-state index contributed by atoms with van der Waals surface area (Å²) in [4.78, 5) is 8.77. The summed E-state index contributed by atoms with van der Waals surface area (Å²) >= 11 is 4.19. The molecule has 0 saturated heterocycles. The molecular formula is C8H9ClO3. The van der Waals surface area contributed by atoms with Gasteiger partial charge in [-0.15, -0.1) is 0 Å². The van der Waals surface area contributed by atoms with Crippen molar-refractivity contribution in [2.75, 3.05) is 7.11 Å². The zero-order chi connectivity index (χ0) is 9.40. The second-order valence-electron chi connectivity index (χ2n) is 1.77. The second-order valence-corrected chi connectivity index (χ2v) is 2.09. The lowest BCUT2D eigenvalue weighted by Crippen LogP contribution is -1.78. The van der Waals surface area contributed by atoms with Crippen LogP contribution in [0.5, 0.6) is 5.75 Å². The molecule has 1 N–H and O–H groups in total. The van der Waals surface area contributed by atoms with Crippen molar-refractivity contribution in [3.05, 3.63) is 30.3 Å². The number of benzene rings is 1. The van der Waals surface area contributed by atoms with Crippen LogP contribution in [0.15, 0.2) is 30.3 Å². The number of ether oxygens (including phenoxy) is 1. The van der Waals surface area contributed by atoms with Crippen LogP contribution < -0.4 is 4.74 Å². The van der Waals surface area contributed by atoms with Crippen molar-refractivity contribution in [1.82, 2.24) is 0 Å². The number of methoxy groups -OCH3 is 1. The molecule has 0 fully saturated rings. The molecule has 0 spiro atoms. The van der Waals surface area contributed by atoms with Gasteiger partial charge in [0, 0.05) is 11.6 Å². The Morgan fingerprint density at radius 2 is 1.83 bits per heavy atom. The fraction of sp³-hybridized carbons (Fsp3) is 0.125. The van der Waals surface area contributed by atoms with Gasteiger partial charge in [-0.05, 0) is 12.1 Å². The van der Waals surface area contributed by atoms with E-state index in [1.54, 1.807) is 7.11 Å². The molecular weight excluding hydrogens is 180 g/mol. The van der Waals surface area contributed by atoms with E-state index >= 15 is 0 Å². The van der Waals surface area contributed by atoms with Crippen LogP contribution in [0.4, 0.5) is 4.79 Å². The molecule has 1 aromatic rings. The van der Waals surface area contributed by atoms with Crippen molar-refractivity contribution in [2.45, 2.75) is 0 Å². The van der Waals surface area contributed by atoms with Crippen LogP contribution in [-0.4, -0.2) is 17.6 Å². The minimum Gasteiger partial charge on any atom is -0.497 e. The first-order chi connectivity index (χ1) is 5.66. The van der Waals surface area contributed by atoms with E-state index in [-0.39, 0.29) is 0 Å². The van der Waals surface area contributed by atoms with Gasteiger partial charge in [-0.1, -0.05) is 18.2 Å². The van der Waals surface area contributed by atoms with E-state index in [4.69, 9.17) is 14.6 Å². The van der Waals surface area contributed by atoms with Gasteiger partial charge in [0.25, 0.3) is 0 Å².